The van der Waals surface area contributed by atoms with Crippen molar-refractivity contribution in [2.75, 3.05) is 19.0 Å². The van der Waals surface area contributed by atoms with Crippen molar-refractivity contribution in [1.82, 2.24) is 19.1 Å². The van der Waals surface area contributed by atoms with Crippen molar-refractivity contribution >= 4 is 43.3 Å². The van der Waals surface area contributed by atoms with E-state index in [0.29, 0.717) is 23.1 Å². The number of aryl methyl sites for hydroxylation is 1. The number of aromatic nitrogens is 3. The Morgan fingerprint density at radius 2 is 1.95 bits per heavy atom. The highest BCUT2D eigenvalue weighted by Gasteiger charge is 2.32. The van der Waals surface area contributed by atoms with Gasteiger partial charge in [-0.05, 0) is 68.7 Å². The van der Waals surface area contributed by atoms with Crippen LogP contribution in [0.5, 0.6) is 5.75 Å². The molecule has 194 valence electrons. The van der Waals surface area contributed by atoms with Gasteiger partial charge in [0.05, 0.1) is 27.9 Å². The van der Waals surface area contributed by atoms with E-state index in [0.717, 1.165) is 47.3 Å². The molecule has 1 fully saturated rings. The minimum Gasteiger partial charge on any atom is -0.497 e. The highest BCUT2D eigenvalue weighted by Crippen LogP contribution is 2.31. The third-order valence-corrected chi connectivity index (χ3v) is 9.57. The molecule has 5 rings (SSSR count). The summed E-state index contributed by atoms with van der Waals surface area (Å²) >= 11 is 1.44. The van der Waals surface area contributed by atoms with Gasteiger partial charge >= 0.3 is 0 Å². The van der Waals surface area contributed by atoms with E-state index < -0.39 is 10.0 Å². The molecule has 1 aliphatic rings. The van der Waals surface area contributed by atoms with Gasteiger partial charge in [0, 0.05) is 24.2 Å². The van der Waals surface area contributed by atoms with Crippen LogP contribution in [0.15, 0.2) is 53.4 Å². The fraction of sp³-hybridized carbons (Fsp3) is 0.346. The molecule has 1 atom stereocenters. The van der Waals surface area contributed by atoms with E-state index in [1.807, 2.05) is 32.0 Å². The van der Waals surface area contributed by atoms with Crippen LogP contribution in [0.2, 0.25) is 0 Å². The summed E-state index contributed by atoms with van der Waals surface area (Å²) in [5.74, 6) is 0.852. The predicted molar refractivity (Wildman–Crippen MR) is 144 cm³/mol. The van der Waals surface area contributed by atoms with Crippen molar-refractivity contribution in [3.05, 3.63) is 59.8 Å². The molecule has 2 aromatic carbocycles. The Morgan fingerprint density at radius 3 is 2.68 bits per heavy atom. The molecule has 1 N–H and O–H groups in total. The number of ether oxygens (including phenoxy) is 1. The molecule has 1 unspecified atom stereocenters. The molecule has 0 spiro atoms. The summed E-state index contributed by atoms with van der Waals surface area (Å²) in [5.41, 5.74) is 1.88. The number of thiazole rings is 1. The molecule has 0 aliphatic carbocycles. The first-order chi connectivity index (χ1) is 17.8. The minimum atomic E-state index is -3.61. The number of hydrogen-bond donors (Lipinski definition) is 1. The van der Waals surface area contributed by atoms with Crippen LogP contribution in [0, 0.1) is 6.92 Å². The van der Waals surface area contributed by atoms with Crippen molar-refractivity contribution in [3.63, 3.8) is 0 Å². The Morgan fingerprint density at radius 1 is 1.16 bits per heavy atom. The summed E-state index contributed by atoms with van der Waals surface area (Å²) in [6, 6.07) is 13.5. The number of sulfonamides is 1. The average Bonchev–Trinajstić information content (AvgIpc) is 3.50. The van der Waals surface area contributed by atoms with Crippen molar-refractivity contribution in [2.24, 2.45) is 0 Å². The van der Waals surface area contributed by atoms with E-state index in [2.05, 4.69) is 15.4 Å². The molecule has 0 saturated carbocycles. The lowest BCUT2D eigenvalue weighted by molar-refractivity contribution is 0.102. The molecule has 0 bridgehead atoms. The number of carbonyl (C=O) groups is 1. The number of hydrogen-bond acceptors (Lipinski definition) is 7. The number of piperidine rings is 1. The molecule has 4 aromatic rings. The Hall–Kier alpha value is -3.28. The summed E-state index contributed by atoms with van der Waals surface area (Å²) in [5, 5.41) is 8.02. The third-order valence-electron chi connectivity index (χ3n) is 6.61. The fourth-order valence-corrected chi connectivity index (χ4v) is 7.37. The van der Waals surface area contributed by atoms with Gasteiger partial charge in [0.15, 0.2) is 0 Å². The standard InChI is InChI=1S/C26H29N5O4S2/c1-4-19-7-5-6-14-30(19)37(33,34)21-11-8-18(9-12-21)25(32)28-24-15-17(2)29-31(24)26-27-22-13-10-20(35-3)16-23(22)36-26/h8-13,15-16,19H,4-7,14H2,1-3H3,(H,28,32). The van der Waals surface area contributed by atoms with Crippen LogP contribution in [0.3, 0.4) is 0 Å². The summed E-state index contributed by atoms with van der Waals surface area (Å²) in [7, 11) is -1.99. The molecule has 9 nitrogen and oxygen atoms in total. The molecule has 2 aromatic heterocycles. The van der Waals surface area contributed by atoms with Gasteiger partial charge in [0.25, 0.3) is 5.91 Å². The van der Waals surface area contributed by atoms with E-state index in [1.54, 1.807) is 34.3 Å². The first-order valence-corrected chi connectivity index (χ1v) is 14.5. The molecule has 11 heteroatoms. The van der Waals surface area contributed by atoms with Crippen molar-refractivity contribution in [1.29, 1.82) is 0 Å². The van der Waals surface area contributed by atoms with Gasteiger partial charge in [-0.1, -0.05) is 24.7 Å². The molecule has 1 aliphatic heterocycles. The van der Waals surface area contributed by atoms with Crippen molar-refractivity contribution in [3.8, 4) is 10.9 Å². The van der Waals surface area contributed by atoms with Crippen LogP contribution in [0.1, 0.15) is 48.7 Å². The largest absolute Gasteiger partial charge is 0.497 e. The second kappa shape index (κ2) is 10.2. The van der Waals surface area contributed by atoms with Gasteiger partial charge < -0.3 is 10.1 Å². The predicted octanol–water partition coefficient (Wildman–Crippen LogP) is 5.00. The molecule has 1 amide bonds. The number of amides is 1. The fourth-order valence-electron chi connectivity index (χ4n) is 4.65. The van der Waals surface area contributed by atoms with E-state index in [4.69, 9.17) is 4.74 Å². The summed E-state index contributed by atoms with van der Waals surface area (Å²) < 4.78 is 35.9. The molecule has 1 saturated heterocycles. The lowest BCUT2D eigenvalue weighted by Crippen LogP contribution is -2.43. The summed E-state index contributed by atoms with van der Waals surface area (Å²) in [6.07, 6.45) is 3.58. The van der Waals surface area contributed by atoms with Crippen LogP contribution in [0.25, 0.3) is 15.3 Å². The van der Waals surface area contributed by atoms with E-state index in [9.17, 15) is 13.2 Å². The number of methoxy groups -OCH3 is 1. The van der Waals surface area contributed by atoms with Crippen LogP contribution < -0.4 is 10.1 Å². The zero-order chi connectivity index (χ0) is 26.2. The minimum absolute atomic E-state index is 0.0221. The smallest absolute Gasteiger partial charge is 0.256 e. The highest BCUT2D eigenvalue weighted by molar-refractivity contribution is 7.89. The first-order valence-electron chi connectivity index (χ1n) is 12.2. The number of benzene rings is 2. The monoisotopic (exact) mass is 539 g/mol. The number of rotatable bonds is 7. The normalized spacial score (nSPS) is 16.7. The second-order valence-electron chi connectivity index (χ2n) is 9.06. The molecule has 3 heterocycles. The Bertz CT molecular complexity index is 1540. The van der Waals surface area contributed by atoms with Gasteiger partial charge in [-0.15, -0.1) is 0 Å². The lowest BCUT2D eigenvalue weighted by atomic mass is 10.0. The Kier molecular flexibility index (Phi) is 7.02. The number of carbonyl (C=O) groups excluding carboxylic acids is 1. The quantitative estimate of drug-likeness (QED) is 0.354. The van der Waals surface area contributed by atoms with Gasteiger partial charge in [0.2, 0.25) is 15.2 Å². The number of anilines is 1. The summed E-state index contributed by atoms with van der Waals surface area (Å²) in [4.78, 5) is 17.9. The zero-order valence-electron chi connectivity index (χ0n) is 21.0. The first kappa shape index (κ1) is 25.4. The van der Waals surface area contributed by atoms with Crippen molar-refractivity contribution < 1.29 is 17.9 Å². The van der Waals surface area contributed by atoms with Gasteiger partial charge in [-0.3, -0.25) is 4.79 Å². The number of fused-ring (bicyclic) bond motifs is 1. The highest BCUT2D eigenvalue weighted by atomic mass is 32.2. The van der Waals surface area contributed by atoms with Gasteiger partial charge in [0.1, 0.15) is 11.6 Å². The maximum Gasteiger partial charge on any atom is 0.256 e. The average molecular weight is 540 g/mol. The zero-order valence-corrected chi connectivity index (χ0v) is 22.6. The summed E-state index contributed by atoms with van der Waals surface area (Å²) in [6.45, 7) is 4.39. The molecular formula is C26H29N5O4S2. The maximum atomic E-state index is 13.2. The van der Waals surface area contributed by atoms with E-state index in [-0.39, 0.29) is 16.8 Å². The Balaban J connectivity index is 1.37. The molecule has 37 heavy (non-hydrogen) atoms. The lowest BCUT2D eigenvalue weighted by Gasteiger charge is -2.34. The topological polar surface area (TPSA) is 106 Å². The van der Waals surface area contributed by atoms with Crippen LogP contribution >= 0.6 is 11.3 Å². The number of nitrogens with one attached hydrogen (secondary N) is 1. The third kappa shape index (κ3) is 4.98. The van der Waals surface area contributed by atoms with E-state index >= 15 is 0 Å². The maximum absolute atomic E-state index is 13.2. The van der Waals surface area contributed by atoms with Gasteiger partial charge in [-0.2, -0.15) is 14.1 Å². The number of nitrogens with zero attached hydrogens (tertiary/aromatic N) is 4. The van der Waals surface area contributed by atoms with Crippen LogP contribution in [-0.2, 0) is 10.0 Å². The SMILES string of the molecule is CCC1CCCCN1S(=O)(=O)c1ccc(C(=O)Nc2cc(C)nn2-c2nc3ccc(OC)cc3s2)cc1. The van der Waals surface area contributed by atoms with Gasteiger partial charge in [-0.25, -0.2) is 13.4 Å². The van der Waals surface area contributed by atoms with E-state index in [1.165, 1.54) is 23.5 Å². The molecule has 0 radical (unpaired) electrons. The Labute approximate surface area is 220 Å². The van der Waals surface area contributed by atoms with Crippen LogP contribution in [-0.4, -0.2) is 53.1 Å². The van der Waals surface area contributed by atoms with Crippen molar-refractivity contribution in [2.45, 2.75) is 50.5 Å². The second-order valence-corrected chi connectivity index (χ2v) is 12.0. The molecular weight excluding hydrogens is 510 g/mol. The van der Waals surface area contributed by atoms with Crippen LogP contribution in [0.4, 0.5) is 5.82 Å².